The van der Waals surface area contributed by atoms with Crippen molar-refractivity contribution in [3.8, 4) is 0 Å². The van der Waals surface area contributed by atoms with Crippen LogP contribution in [0.2, 0.25) is 0 Å². The standard InChI is InChI=1S/C14H15N3O3/c1-2-8-17-9-7-15-12(13(17)18)16-11-5-3-10(4-6-11)14(19)20/h3-7,9H,2,8H2,1H3,(H,15,16)(H,19,20). The molecule has 0 atom stereocenters. The molecular formula is C14H15N3O3. The fourth-order valence-electron chi connectivity index (χ4n) is 1.78. The summed E-state index contributed by atoms with van der Waals surface area (Å²) in [7, 11) is 0. The van der Waals surface area contributed by atoms with Gasteiger partial charge in [0.05, 0.1) is 5.56 Å². The van der Waals surface area contributed by atoms with E-state index < -0.39 is 5.97 Å². The third-order valence-corrected chi connectivity index (χ3v) is 2.77. The Morgan fingerprint density at radius 3 is 2.65 bits per heavy atom. The maximum absolute atomic E-state index is 12.1. The summed E-state index contributed by atoms with van der Waals surface area (Å²) < 4.78 is 1.58. The molecule has 0 amide bonds. The van der Waals surface area contributed by atoms with Crippen LogP contribution in [0.1, 0.15) is 23.7 Å². The zero-order chi connectivity index (χ0) is 14.5. The fraction of sp³-hybridized carbons (Fsp3) is 0.214. The van der Waals surface area contributed by atoms with Gasteiger partial charge in [-0.1, -0.05) is 6.92 Å². The molecule has 6 nitrogen and oxygen atoms in total. The van der Waals surface area contributed by atoms with Crippen LogP contribution in [0.4, 0.5) is 11.5 Å². The Morgan fingerprint density at radius 2 is 2.05 bits per heavy atom. The number of hydrogen-bond acceptors (Lipinski definition) is 4. The summed E-state index contributed by atoms with van der Waals surface area (Å²) in [6.45, 7) is 2.62. The summed E-state index contributed by atoms with van der Waals surface area (Å²) in [6, 6.07) is 6.14. The lowest BCUT2D eigenvalue weighted by Crippen LogP contribution is -2.23. The third-order valence-electron chi connectivity index (χ3n) is 2.77. The van der Waals surface area contributed by atoms with Gasteiger partial charge in [0.2, 0.25) is 0 Å². The summed E-state index contributed by atoms with van der Waals surface area (Å²) in [6.07, 6.45) is 4.06. The molecule has 0 saturated carbocycles. The van der Waals surface area contributed by atoms with Gasteiger partial charge in [-0.3, -0.25) is 4.79 Å². The van der Waals surface area contributed by atoms with Crippen molar-refractivity contribution in [2.75, 3.05) is 5.32 Å². The summed E-state index contributed by atoms with van der Waals surface area (Å²) in [5, 5.41) is 11.7. The van der Waals surface area contributed by atoms with Gasteiger partial charge in [0.15, 0.2) is 5.82 Å². The number of hydrogen-bond donors (Lipinski definition) is 2. The largest absolute Gasteiger partial charge is 0.478 e. The highest BCUT2D eigenvalue weighted by Gasteiger charge is 2.06. The van der Waals surface area contributed by atoms with Crippen LogP contribution in [0.15, 0.2) is 41.5 Å². The Balaban J connectivity index is 2.24. The van der Waals surface area contributed by atoms with Crippen LogP contribution in [-0.4, -0.2) is 20.6 Å². The molecule has 1 heterocycles. The van der Waals surface area contributed by atoms with Gasteiger partial charge in [0, 0.05) is 24.6 Å². The van der Waals surface area contributed by atoms with Gasteiger partial charge in [0.1, 0.15) is 0 Å². The molecule has 2 N–H and O–H groups in total. The highest BCUT2D eigenvalue weighted by Crippen LogP contribution is 2.12. The summed E-state index contributed by atoms with van der Waals surface area (Å²) in [5.74, 6) is -0.760. The number of benzene rings is 1. The second-order valence-corrected chi connectivity index (χ2v) is 4.28. The number of aromatic carboxylic acids is 1. The topological polar surface area (TPSA) is 84.2 Å². The molecule has 104 valence electrons. The van der Waals surface area contributed by atoms with Crippen LogP contribution >= 0.6 is 0 Å². The van der Waals surface area contributed by atoms with Crippen LogP contribution in [0.25, 0.3) is 0 Å². The molecule has 2 aromatic rings. The van der Waals surface area contributed by atoms with E-state index >= 15 is 0 Å². The van der Waals surface area contributed by atoms with Crippen LogP contribution in [0.5, 0.6) is 0 Å². The molecule has 1 aromatic carbocycles. The van der Waals surface area contributed by atoms with E-state index in [4.69, 9.17) is 5.11 Å². The van der Waals surface area contributed by atoms with Crippen molar-refractivity contribution >= 4 is 17.5 Å². The number of carbonyl (C=O) groups is 1. The highest BCUT2D eigenvalue weighted by atomic mass is 16.4. The number of rotatable bonds is 5. The number of anilines is 2. The minimum absolute atomic E-state index is 0.194. The lowest BCUT2D eigenvalue weighted by atomic mass is 10.2. The highest BCUT2D eigenvalue weighted by molar-refractivity contribution is 5.88. The number of nitrogens with one attached hydrogen (secondary N) is 1. The predicted molar refractivity (Wildman–Crippen MR) is 75.5 cm³/mol. The minimum Gasteiger partial charge on any atom is -0.478 e. The Hall–Kier alpha value is -2.63. The molecule has 1 aromatic heterocycles. The molecule has 0 aliphatic carbocycles. The van der Waals surface area contributed by atoms with Crippen LogP contribution in [-0.2, 0) is 6.54 Å². The third kappa shape index (κ3) is 3.03. The Morgan fingerprint density at radius 1 is 1.35 bits per heavy atom. The number of nitrogens with zero attached hydrogens (tertiary/aromatic N) is 2. The molecule has 0 aliphatic rings. The molecule has 0 unspecified atom stereocenters. The second-order valence-electron chi connectivity index (χ2n) is 4.28. The molecule has 0 radical (unpaired) electrons. The van der Waals surface area contributed by atoms with Crippen LogP contribution in [0.3, 0.4) is 0 Å². The van der Waals surface area contributed by atoms with Crippen LogP contribution < -0.4 is 10.9 Å². The molecule has 6 heteroatoms. The first kappa shape index (κ1) is 13.8. The SMILES string of the molecule is CCCn1ccnc(Nc2ccc(C(=O)O)cc2)c1=O. The van der Waals surface area contributed by atoms with Crippen molar-refractivity contribution in [1.29, 1.82) is 0 Å². The van der Waals surface area contributed by atoms with Gasteiger partial charge >= 0.3 is 5.97 Å². The van der Waals surface area contributed by atoms with Crippen molar-refractivity contribution in [2.45, 2.75) is 19.9 Å². The number of carboxylic acids is 1. The van der Waals surface area contributed by atoms with Gasteiger partial charge in [-0.25, -0.2) is 9.78 Å². The first-order valence-electron chi connectivity index (χ1n) is 6.27. The molecular weight excluding hydrogens is 258 g/mol. The normalized spacial score (nSPS) is 10.2. The van der Waals surface area contributed by atoms with E-state index in [0.29, 0.717) is 12.2 Å². The smallest absolute Gasteiger partial charge is 0.335 e. The molecule has 0 fully saturated rings. The molecule has 0 aliphatic heterocycles. The van der Waals surface area contributed by atoms with E-state index in [1.165, 1.54) is 12.1 Å². The van der Waals surface area contributed by atoms with Crippen molar-refractivity contribution in [3.05, 3.63) is 52.6 Å². The molecule has 2 rings (SSSR count). The maximum Gasteiger partial charge on any atom is 0.335 e. The van der Waals surface area contributed by atoms with Crippen molar-refractivity contribution in [2.24, 2.45) is 0 Å². The lowest BCUT2D eigenvalue weighted by Gasteiger charge is -2.08. The van der Waals surface area contributed by atoms with E-state index in [-0.39, 0.29) is 16.9 Å². The summed E-state index contributed by atoms with van der Waals surface area (Å²) in [5.41, 5.74) is 0.616. The molecule has 0 spiro atoms. The quantitative estimate of drug-likeness (QED) is 0.871. The Labute approximate surface area is 115 Å². The van der Waals surface area contributed by atoms with Gasteiger partial charge < -0.3 is 15.0 Å². The van der Waals surface area contributed by atoms with Crippen molar-refractivity contribution in [3.63, 3.8) is 0 Å². The number of carboxylic acid groups (broad SMARTS) is 1. The van der Waals surface area contributed by atoms with E-state index in [0.717, 1.165) is 6.42 Å². The van der Waals surface area contributed by atoms with E-state index in [9.17, 15) is 9.59 Å². The first-order valence-corrected chi connectivity index (χ1v) is 6.27. The monoisotopic (exact) mass is 273 g/mol. The first-order chi connectivity index (χ1) is 9.61. The zero-order valence-corrected chi connectivity index (χ0v) is 11.0. The Bertz CT molecular complexity index is 662. The van der Waals surface area contributed by atoms with Gasteiger partial charge in [-0.05, 0) is 30.7 Å². The zero-order valence-electron chi connectivity index (χ0n) is 11.0. The average Bonchev–Trinajstić information content (AvgIpc) is 2.44. The van der Waals surface area contributed by atoms with E-state index in [2.05, 4.69) is 10.3 Å². The summed E-state index contributed by atoms with van der Waals surface area (Å²) in [4.78, 5) is 26.9. The van der Waals surface area contributed by atoms with E-state index in [1.807, 2.05) is 6.92 Å². The van der Waals surface area contributed by atoms with Gasteiger partial charge in [0.25, 0.3) is 5.56 Å². The lowest BCUT2D eigenvalue weighted by molar-refractivity contribution is 0.0697. The van der Waals surface area contributed by atoms with Gasteiger partial charge in [-0.15, -0.1) is 0 Å². The predicted octanol–water partition coefficient (Wildman–Crippen LogP) is 2.10. The average molecular weight is 273 g/mol. The van der Waals surface area contributed by atoms with Crippen molar-refractivity contribution in [1.82, 2.24) is 9.55 Å². The maximum atomic E-state index is 12.1. The van der Waals surface area contributed by atoms with E-state index in [1.54, 1.807) is 29.1 Å². The summed E-state index contributed by atoms with van der Waals surface area (Å²) >= 11 is 0. The second kappa shape index (κ2) is 6.01. The van der Waals surface area contributed by atoms with Gasteiger partial charge in [-0.2, -0.15) is 0 Å². The molecule has 0 bridgehead atoms. The Kier molecular flexibility index (Phi) is 4.14. The fourth-order valence-corrected chi connectivity index (χ4v) is 1.78. The minimum atomic E-state index is -0.986. The molecule has 0 saturated heterocycles. The number of aromatic nitrogens is 2. The number of aryl methyl sites for hydroxylation is 1. The van der Waals surface area contributed by atoms with Crippen LogP contribution in [0, 0.1) is 0 Å². The molecule has 20 heavy (non-hydrogen) atoms. The van der Waals surface area contributed by atoms with Crippen molar-refractivity contribution < 1.29 is 9.90 Å².